The van der Waals surface area contributed by atoms with Crippen LogP contribution in [0.15, 0.2) is 82.2 Å². The molecule has 8 heteroatoms. The maximum atomic E-state index is 6.17. The molecule has 1 heterocycles. The molecule has 8 nitrogen and oxygen atoms in total. The Morgan fingerprint density at radius 2 is 1.61 bits per heavy atom. The van der Waals surface area contributed by atoms with Gasteiger partial charge in [0.1, 0.15) is 72.5 Å². The number of rotatable bonds is 6. The fraction of sp³-hybridized carbons (Fsp3) is 0.160. The Hall–Kier alpha value is -4.51. The highest BCUT2D eigenvalue weighted by atomic mass is 16.5. The summed E-state index contributed by atoms with van der Waals surface area (Å²) in [6.07, 6.45) is 0. The van der Waals surface area contributed by atoms with Crippen LogP contribution in [0.4, 0.5) is 22.7 Å². The zero-order chi connectivity index (χ0) is 22.9. The van der Waals surface area contributed by atoms with E-state index < -0.39 is 0 Å². The van der Waals surface area contributed by atoms with Crippen molar-refractivity contribution in [1.82, 2.24) is 0 Å². The minimum Gasteiger partial charge on any atom is -0.488 e. The average Bonchev–Trinajstić information content (AvgIpc) is 2.86. The molecule has 0 unspecified atom stereocenters. The first-order valence-electron chi connectivity index (χ1n) is 10.3. The molecule has 0 saturated heterocycles. The number of hydrogen-bond donors (Lipinski definition) is 1. The molecule has 166 valence electrons. The third-order valence-corrected chi connectivity index (χ3v) is 4.56. The Morgan fingerprint density at radius 3 is 2.45 bits per heavy atom. The minimum atomic E-state index is 0.262. The topological polar surface area (TPSA) is 100 Å². The largest absolute Gasteiger partial charge is 0.488 e. The van der Waals surface area contributed by atoms with Crippen LogP contribution in [0.5, 0.6) is 23.0 Å². The second kappa shape index (κ2) is 10.7. The molecule has 3 aromatic carbocycles. The van der Waals surface area contributed by atoms with E-state index in [-0.39, 0.29) is 13.2 Å². The fourth-order valence-electron chi connectivity index (χ4n) is 3.06. The molecule has 3 aromatic rings. The smallest absolute Gasteiger partial charge is 0.149 e. The van der Waals surface area contributed by atoms with Crippen LogP contribution in [0.25, 0.3) is 0 Å². The maximum Gasteiger partial charge on any atom is 0.149 e. The van der Waals surface area contributed by atoms with E-state index >= 15 is 0 Å². The Labute approximate surface area is 191 Å². The lowest BCUT2D eigenvalue weighted by molar-refractivity contribution is 0.211. The summed E-state index contributed by atoms with van der Waals surface area (Å²) >= 11 is 0. The molecule has 4 rings (SSSR count). The number of hydrogen-bond acceptors (Lipinski definition) is 8. The molecule has 0 amide bonds. The summed E-state index contributed by atoms with van der Waals surface area (Å²) in [6.45, 7) is 4.70. The van der Waals surface area contributed by atoms with Gasteiger partial charge in [-0.15, -0.1) is 0 Å². The van der Waals surface area contributed by atoms with Gasteiger partial charge in [0.05, 0.1) is 5.69 Å². The molecule has 0 fully saturated rings. The second-order valence-electron chi connectivity index (χ2n) is 6.78. The monoisotopic (exact) mass is 442 g/mol. The summed E-state index contributed by atoms with van der Waals surface area (Å²) in [6, 6.07) is 20.8. The van der Waals surface area contributed by atoms with E-state index in [1.807, 2.05) is 48.5 Å². The summed E-state index contributed by atoms with van der Waals surface area (Å²) in [5.74, 6) is 4.71. The Morgan fingerprint density at radius 1 is 0.909 bits per heavy atom. The number of benzene rings is 3. The first kappa shape index (κ1) is 21.7. The van der Waals surface area contributed by atoms with Crippen molar-refractivity contribution >= 4 is 34.6 Å². The molecule has 2 N–H and O–H groups in total. The highest BCUT2D eigenvalue weighted by Gasteiger charge is 2.12. The van der Waals surface area contributed by atoms with Gasteiger partial charge in [0, 0.05) is 6.07 Å². The Bertz CT molecular complexity index is 1240. The lowest BCUT2D eigenvalue weighted by Crippen LogP contribution is -2.11. The van der Waals surface area contributed by atoms with E-state index in [9.17, 15) is 0 Å². The van der Waals surface area contributed by atoms with Crippen molar-refractivity contribution in [2.24, 2.45) is 15.0 Å². The third-order valence-electron chi connectivity index (χ3n) is 4.56. The van der Waals surface area contributed by atoms with Crippen LogP contribution < -0.4 is 24.7 Å². The minimum absolute atomic E-state index is 0.262. The zero-order valence-corrected chi connectivity index (χ0v) is 17.9. The maximum absolute atomic E-state index is 6.17. The van der Waals surface area contributed by atoms with Gasteiger partial charge >= 0.3 is 0 Å². The lowest BCUT2D eigenvalue weighted by atomic mass is 10.2. The Kier molecular flexibility index (Phi) is 7.03. The fourth-order valence-corrected chi connectivity index (χ4v) is 3.06. The highest BCUT2D eigenvalue weighted by molar-refractivity contribution is 5.71. The van der Waals surface area contributed by atoms with Crippen LogP contribution >= 0.6 is 0 Å². The number of aliphatic imine (C=N–C) groups is 3. The highest BCUT2D eigenvalue weighted by Crippen LogP contribution is 2.37. The van der Waals surface area contributed by atoms with E-state index in [0.717, 1.165) is 0 Å². The average molecular weight is 442 g/mol. The number of fused-ring (bicyclic) bond motifs is 2. The van der Waals surface area contributed by atoms with E-state index in [4.69, 9.17) is 24.7 Å². The molecular formula is C25H22N4O4. The second-order valence-corrected chi connectivity index (χ2v) is 6.78. The van der Waals surface area contributed by atoms with Crippen molar-refractivity contribution in [3.05, 3.63) is 67.2 Å². The van der Waals surface area contributed by atoms with Crippen molar-refractivity contribution in [1.29, 1.82) is 0 Å². The van der Waals surface area contributed by atoms with Crippen LogP contribution in [0.1, 0.15) is 0 Å². The summed E-state index contributed by atoms with van der Waals surface area (Å²) in [7, 11) is 0. The number of ether oxygens (including phenoxy) is 4. The van der Waals surface area contributed by atoms with Gasteiger partial charge < -0.3 is 24.7 Å². The molecule has 1 aliphatic heterocycles. The molecule has 0 aromatic heterocycles. The van der Waals surface area contributed by atoms with Crippen molar-refractivity contribution in [2.75, 3.05) is 32.2 Å². The molecule has 0 atom stereocenters. The Balaban J connectivity index is 1.46. The van der Waals surface area contributed by atoms with Crippen LogP contribution in [0.3, 0.4) is 0 Å². The number of nitrogens with two attached hydrogens (primary N) is 1. The molecular weight excluding hydrogens is 420 g/mol. The van der Waals surface area contributed by atoms with Crippen LogP contribution in [0, 0.1) is 0 Å². The van der Waals surface area contributed by atoms with Crippen molar-refractivity contribution in [3.8, 4) is 23.0 Å². The number of nitrogens with zero attached hydrogens (tertiary/aromatic N) is 3. The quantitative estimate of drug-likeness (QED) is 0.324. The van der Waals surface area contributed by atoms with Gasteiger partial charge in [-0.3, -0.25) is 0 Å². The third kappa shape index (κ3) is 5.60. The van der Waals surface area contributed by atoms with E-state index in [0.29, 0.717) is 59.0 Å². The van der Waals surface area contributed by atoms with E-state index in [1.165, 1.54) is 0 Å². The van der Waals surface area contributed by atoms with Crippen LogP contribution in [-0.2, 0) is 0 Å². The lowest BCUT2D eigenvalue weighted by Gasteiger charge is -2.14. The van der Waals surface area contributed by atoms with Gasteiger partial charge in [-0.05, 0) is 42.8 Å². The molecule has 33 heavy (non-hydrogen) atoms. The summed E-state index contributed by atoms with van der Waals surface area (Å²) in [5.41, 5.74) is 8.36. The van der Waals surface area contributed by atoms with Gasteiger partial charge in [0.2, 0.25) is 0 Å². The number of anilines is 1. The molecule has 0 spiro atoms. The van der Waals surface area contributed by atoms with Gasteiger partial charge in [-0.25, -0.2) is 4.99 Å². The molecule has 0 saturated carbocycles. The standard InChI is InChI=1S/C25H22N4O4/c1-2-27-19-7-3-5-9-22(19)30-11-13-32-24-16-25-21(15-18(24)26)29-17-28-20-8-4-6-10-23(20)31-12-14-33-25/h3-10,15-16H,1,11-14,26H2. The normalized spacial score (nSPS) is 12.1. The van der Waals surface area contributed by atoms with Crippen LogP contribution in [0.2, 0.25) is 0 Å². The van der Waals surface area contributed by atoms with Crippen LogP contribution in [-0.4, -0.2) is 38.3 Å². The SMILES string of the molecule is C=C=Nc1ccccc1OCCOc1cc2c(cc1N)N=C=Nc1ccccc1OCCO2. The zero-order valence-electron chi connectivity index (χ0n) is 17.9. The van der Waals surface area contributed by atoms with Gasteiger partial charge in [-0.2, -0.15) is 9.98 Å². The predicted octanol–water partition coefficient (Wildman–Crippen LogP) is 5.12. The van der Waals surface area contributed by atoms with Crippen molar-refractivity contribution in [2.45, 2.75) is 0 Å². The molecule has 0 radical (unpaired) electrons. The van der Waals surface area contributed by atoms with E-state index in [1.54, 1.807) is 12.1 Å². The summed E-state index contributed by atoms with van der Waals surface area (Å²) < 4.78 is 23.2. The van der Waals surface area contributed by atoms with Gasteiger partial charge in [0.25, 0.3) is 0 Å². The van der Waals surface area contributed by atoms with E-state index in [2.05, 4.69) is 33.4 Å². The number of nitrogen functional groups attached to an aromatic ring is 1. The van der Waals surface area contributed by atoms with Gasteiger partial charge in [-0.1, -0.05) is 24.3 Å². The van der Waals surface area contributed by atoms with Crippen molar-refractivity contribution < 1.29 is 18.9 Å². The molecule has 0 aliphatic carbocycles. The first-order chi connectivity index (χ1) is 16.2. The molecule has 0 bridgehead atoms. The summed E-state index contributed by atoms with van der Waals surface area (Å²) in [4.78, 5) is 12.6. The van der Waals surface area contributed by atoms with Crippen molar-refractivity contribution in [3.63, 3.8) is 0 Å². The van der Waals surface area contributed by atoms with Gasteiger partial charge in [0.15, 0.2) is 0 Å². The number of para-hydroxylation sites is 4. The summed E-state index contributed by atoms with van der Waals surface area (Å²) in [5, 5.41) is 0. The predicted molar refractivity (Wildman–Crippen MR) is 128 cm³/mol. The molecule has 1 aliphatic rings. The first-order valence-corrected chi connectivity index (χ1v) is 10.3.